The van der Waals surface area contributed by atoms with E-state index in [0.717, 1.165) is 5.70 Å². The Balaban J connectivity index is 4.29. The maximum absolute atomic E-state index is 3.96. The van der Waals surface area contributed by atoms with E-state index in [2.05, 4.69) is 46.2 Å². The van der Waals surface area contributed by atoms with Gasteiger partial charge in [-0.3, -0.25) is 0 Å². The number of nitrogens with one attached hydrogen (secondary N) is 1. The molecule has 0 fully saturated rings. The fraction of sp³-hybridized carbons (Fsp3) is 0.600. The van der Waals surface area contributed by atoms with Crippen molar-refractivity contribution in [3.63, 3.8) is 0 Å². The number of rotatable bonds is 4. The maximum atomic E-state index is 3.96. The lowest BCUT2D eigenvalue weighted by Crippen LogP contribution is -2.27. The van der Waals surface area contributed by atoms with E-state index in [4.69, 9.17) is 0 Å². The van der Waals surface area contributed by atoms with Crippen LogP contribution in [0.15, 0.2) is 25.1 Å². The lowest BCUT2D eigenvalue weighted by atomic mass is 9.79. The summed E-state index contributed by atoms with van der Waals surface area (Å²) in [6.07, 6.45) is 1.67. The summed E-state index contributed by atoms with van der Waals surface area (Å²) in [6.45, 7) is 16.3. The van der Waals surface area contributed by atoms with E-state index in [0.29, 0.717) is 5.92 Å². The standard InChI is InChI=1S/C10H19N/c1-7-11-9(4)10(5,6)8(2)3/h7-8,11H,1,4H2,2-3,5-6H3. The SMILES string of the molecule is C=CNC(=C)C(C)(C)C(C)C. The van der Waals surface area contributed by atoms with Gasteiger partial charge in [0.15, 0.2) is 0 Å². The van der Waals surface area contributed by atoms with E-state index >= 15 is 0 Å². The van der Waals surface area contributed by atoms with Crippen molar-refractivity contribution in [2.24, 2.45) is 11.3 Å². The molecule has 0 unspecified atom stereocenters. The Morgan fingerprint density at radius 1 is 1.45 bits per heavy atom. The van der Waals surface area contributed by atoms with Gasteiger partial charge >= 0.3 is 0 Å². The van der Waals surface area contributed by atoms with Gasteiger partial charge < -0.3 is 5.32 Å². The largest absolute Gasteiger partial charge is 0.366 e. The summed E-state index contributed by atoms with van der Waals surface area (Å²) in [5, 5.41) is 3.04. The molecule has 0 spiro atoms. The van der Waals surface area contributed by atoms with Crippen LogP contribution in [0.4, 0.5) is 0 Å². The molecule has 0 aromatic carbocycles. The van der Waals surface area contributed by atoms with Gasteiger partial charge in [0.2, 0.25) is 0 Å². The second-order valence-corrected chi connectivity index (χ2v) is 3.70. The molecule has 11 heavy (non-hydrogen) atoms. The predicted molar refractivity (Wildman–Crippen MR) is 51.1 cm³/mol. The van der Waals surface area contributed by atoms with E-state index < -0.39 is 0 Å². The van der Waals surface area contributed by atoms with Crippen molar-refractivity contribution in [1.29, 1.82) is 0 Å². The molecule has 64 valence electrons. The minimum absolute atomic E-state index is 0.133. The molecule has 0 rings (SSSR count). The molecule has 0 aliphatic carbocycles. The van der Waals surface area contributed by atoms with Crippen LogP contribution in [0.3, 0.4) is 0 Å². The lowest BCUT2D eigenvalue weighted by Gasteiger charge is -2.31. The molecule has 0 aliphatic heterocycles. The Bertz CT molecular complexity index is 154. The Morgan fingerprint density at radius 3 is 2.18 bits per heavy atom. The third-order valence-corrected chi connectivity index (χ3v) is 2.50. The lowest BCUT2D eigenvalue weighted by molar-refractivity contribution is 0.299. The molecule has 1 heteroatoms. The molecule has 1 N–H and O–H groups in total. The van der Waals surface area contributed by atoms with Crippen LogP contribution >= 0.6 is 0 Å². The quantitative estimate of drug-likeness (QED) is 0.654. The molecule has 0 aromatic heterocycles. The second kappa shape index (κ2) is 3.61. The van der Waals surface area contributed by atoms with Gasteiger partial charge in [-0.1, -0.05) is 40.9 Å². The summed E-state index contributed by atoms with van der Waals surface area (Å²) in [5.74, 6) is 0.586. The van der Waals surface area contributed by atoms with Gasteiger partial charge in [-0.05, 0) is 12.1 Å². The van der Waals surface area contributed by atoms with Crippen molar-refractivity contribution in [3.8, 4) is 0 Å². The van der Waals surface area contributed by atoms with Crippen molar-refractivity contribution >= 4 is 0 Å². The van der Waals surface area contributed by atoms with Crippen LogP contribution in [0.25, 0.3) is 0 Å². The maximum Gasteiger partial charge on any atom is 0.0133 e. The third-order valence-electron chi connectivity index (χ3n) is 2.50. The van der Waals surface area contributed by atoms with Gasteiger partial charge in [0.25, 0.3) is 0 Å². The molecule has 0 aliphatic rings. The van der Waals surface area contributed by atoms with E-state index in [-0.39, 0.29) is 5.41 Å². The normalized spacial score (nSPS) is 11.4. The molecule has 0 radical (unpaired) electrons. The van der Waals surface area contributed by atoms with Crippen LogP contribution in [0.5, 0.6) is 0 Å². The number of allylic oxidation sites excluding steroid dienone is 1. The highest BCUT2D eigenvalue weighted by molar-refractivity contribution is 5.08. The summed E-state index contributed by atoms with van der Waals surface area (Å²) in [4.78, 5) is 0. The van der Waals surface area contributed by atoms with Gasteiger partial charge in [-0.2, -0.15) is 0 Å². The van der Waals surface area contributed by atoms with E-state index in [1.54, 1.807) is 6.20 Å². The van der Waals surface area contributed by atoms with Gasteiger partial charge in [-0.15, -0.1) is 0 Å². The van der Waals surface area contributed by atoms with Gasteiger partial charge in [0.05, 0.1) is 0 Å². The molecule has 0 bridgehead atoms. The topological polar surface area (TPSA) is 12.0 Å². The molecule has 0 heterocycles. The van der Waals surface area contributed by atoms with Gasteiger partial charge in [0.1, 0.15) is 0 Å². The third kappa shape index (κ3) is 2.41. The van der Waals surface area contributed by atoms with Crippen LogP contribution in [0.2, 0.25) is 0 Å². The van der Waals surface area contributed by atoms with Crippen LogP contribution in [-0.4, -0.2) is 0 Å². The van der Waals surface area contributed by atoms with Crippen LogP contribution in [-0.2, 0) is 0 Å². The smallest absolute Gasteiger partial charge is 0.0133 e. The van der Waals surface area contributed by atoms with Gasteiger partial charge in [-0.25, -0.2) is 0 Å². The Hall–Kier alpha value is -0.720. The zero-order chi connectivity index (χ0) is 9.07. The van der Waals surface area contributed by atoms with Crippen molar-refractivity contribution in [3.05, 3.63) is 25.1 Å². The van der Waals surface area contributed by atoms with Crippen LogP contribution in [0, 0.1) is 11.3 Å². The first-order chi connectivity index (χ1) is 4.92. The highest BCUT2D eigenvalue weighted by Gasteiger charge is 2.24. The Morgan fingerprint density at radius 2 is 1.91 bits per heavy atom. The molecule has 0 amide bonds. The monoisotopic (exact) mass is 153 g/mol. The molecular weight excluding hydrogens is 134 g/mol. The summed E-state index contributed by atoms with van der Waals surface area (Å²) < 4.78 is 0. The average molecular weight is 153 g/mol. The Kier molecular flexibility index (Phi) is 3.37. The molecular formula is C10H19N. The van der Waals surface area contributed by atoms with Crippen molar-refractivity contribution in [2.75, 3.05) is 0 Å². The second-order valence-electron chi connectivity index (χ2n) is 3.70. The number of hydrogen-bond acceptors (Lipinski definition) is 1. The van der Waals surface area contributed by atoms with Crippen LogP contribution in [0.1, 0.15) is 27.7 Å². The highest BCUT2D eigenvalue weighted by Crippen LogP contribution is 2.31. The first-order valence-corrected chi connectivity index (χ1v) is 3.99. The molecule has 0 atom stereocenters. The first kappa shape index (κ1) is 10.3. The average Bonchev–Trinajstić information content (AvgIpc) is 1.88. The van der Waals surface area contributed by atoms with Gasteiger partial charge in [0, 0.05) is 11.1 Å². The fourth-order valence-corrected chi connectivity index (χ4v) is 0.658. The zero-order valence-corrected chi connectivity index (χ0v) is 8.07. The minimum Gasteiger partial charge on any atom is -0.366 e. The van der Waals surface area contributed by atoms with Crippen molar-refractivity contribution in [2.45, 2.75) is 27.7 Å². The van der Waals surface area contributed by atoms with E-state index in [1.807, 2.05) is 0 Å². The Labute approximate surface area is 70.2 Å². The summed E-state index contributed by atoms with van der Waals surface area (Å²) >= 11 is 0. The minimum atomic E-state index is 0.133. The number of hydrogen-bond donors (Lipinski definition) is 1. The summed E-state index contributed by atoms with van der Waals surface area (Å²) in [7, 11) is 0. The predicted octanol–water partition coefficient (Wildman–Crippen LogP) is 2.92. The van der Waals surface area contributed by atoms with Crippen molar-refractivity contribution in [1.82, 2.24) is 5.32 Å². The zero-order valence-electron chi connectivity index (χ0n) is 8.07. The fourth-order valence-electron chi connectivity index (χ4n) is 0.658. The van der Waals surface area contributed by atoms with E-state index in [1.165, 1.54) is 0 Å². The summed E-state index contributed by atoms with van der Waals surface area (Å²) in [5.41, 5.74) is 1.16. The molecule has 0 saturated carbocycles. The molecule has 0 aromatic rings. The first-order valence-electron chi connectivity index (χ1n) is 3.99. The van der Waals surface area contributed by atoms with Crippen LogP contribution < -0.4 is 5.32 Å². The summed E-state index contributed by atoms with van der Waals surface area (Å²) in [6, 6.07) is 0. The highest BCUT2D eigenvalue weighted by atomic mass is 14.9. The molecule has 0 saturated heterocycles. The van der Waals surface area contributed by atoms with E-state index in [9.17, 15) is 0 Å². The molecule has 1 nitrogen and oxygen atoms in total. The van der Waals surface area contributed by atoms with Crippen molar-refractivity contribution < 1.29 is 0 Å².